The normalized spacial score (nSPS) is 13.9. The van der Waals surface area contributed by atoms with Crippen LogP contribution in [0.5, 0.6) is 0 Å². The Morgan fingerprint density at radius 1 is 1.33 bits per heavy atom. The zero-order chi connectivity index (χ0) is 13.4. The Morgan fingerprint density at radius 3 is 2.56 bits per heavy atom. The van der Waals surface area contributed by atoms with E-state index in [-0.39, 0.29) is 12.5 Å². The number of nitrogens with one attached hydrogen (secondary N) is 1. The van der Waals surface area contributed by atoms with Crippen LogP contribution >= 0.6 is 0 Å². The minimum absolute atomic E-state index is 0.240. The minimum Gasteiger partial charge on any atom is -0.394 e. The van der Waals surface area contributed by atoms with Gasteiger partial charge in [0.05, 0.1) is 18.8 Å². The van der Waals surface area contributed by atoms with Crippen LogP contribution in [0.15, 0.2) is 30.3 Å². The molecule has 0 aliphatic carbocycles. The number of carbonyl (C=O) groups is 1. The summed E-state index contributed by atoms with van der Waals surface area (Å²) in [6, 6.07) is 9.46. The molecule has 100 valence electrons. The van der Waals surface area contributed by atoms with E-state index in [4.69, 9.17) is 5.11 Å². The Bertz CT molecular complexity index is 353. The molecule has 4 heteroatoms. The molecule has 4 nitrogen and oxygen atoms in total. The molecule has 1 aromatic carbocycles. The Kier molecular flexibility index (Phi) is 6.39. The Labute approximate surface area is 108 Å². The standard InChI is InChI=1S/C14H21NO3/c1-11(17)15-13(10-16)14(18)9-5-8-12-6-3-2-4-7-12/h2-4,6-7,13-14,16,18H,5,8-10H2,1H3,(H,15,17). The summed E-state index contributed by atoms with van der Waals surface area (Å²) in [6.45, 7) is 1.13. The van der Waals surface area contributed by atoms with Crippen molar-refractivity contribution in [1.82, 2.24) is 5.32 Å². The van der Waals surface area contributed by atoms with Crippen molar-refractivity contribution in [3.63, 3.8) is 0 Å². The molecule has 0 saturated carbocycles. The number of carbonyl (C=O) groups excluding carboxylic acids is 1. The first-order chi connectivity index (χ1) is 8.63. The van der Waals surface area contributed by atoms with Gasteiger partial charge in [0.15, 0.2) is 0 Å². The number of benzene rings is 1. The maximum Gasteiger partial charge on any atom is 0.217 e. The zero-order valence-corrected chi connectivity index (χ0v) is 10.7. The van der Waals surface area contributed by atoms with E-state index in [1.54, 1.807) is 0 Å². The molecule has 0 saturated heterocycles. The second-order valence-corrected chi connectivity index (χ2v) is 4.43. The van der Waals surface area contributed by atoms with E-state index >= 15 is 0 Å². The van der Waals surface area contributed by atoms with Crippen LogP contribution in [-0.4, -0.2) is 34.9 Å². The molecule has 0 aliphatic rings. The number of hydrogen-bond acceptors (Lipinski definition) is 3. The van der Waals surface area contributed by atoms with Gasteiger partial charge in [-0.2, -0.15) is 0 Å². The maximum absolute atomic E-state index is 10.9. The van der Waals surface area contributed by atoms with Gasteiger partial charge in [0.2, 0.25) is 5.91 Å². The predicted molar refractivity (Wildman–Crippen MR) is 70.1 cm³/mol. The fourth-order valence-corrected chi connectivity index (χ4v) is 1.89. The average molecular weight is 251 g/mol. The smallest absolute Gasteiger partial charge is 0.217 e. The highest BCUT2D eigenvalue weighted by Gasteiger charge is 2.18. The van der Waals surface area contributed by atoms with Crippen LogP contribution in [-0.2, 0) is 11.2 Å². The number of aryl methyl sites for hydroxylation is 1. The Morgan fingerprint density at radius 2 is 2.00 bits per heavy atom. The van der Waals surface area contributed by atoms with E-state index in [9.17, 15) is 9.90 Å². The highest BCUT2D eigenvalue weighted by atomic mass is 16.3. The van der Waals surface area contributed by atoms with Gasteiger partial charge in [-0.1, -0.05) is 30.3 Å². The minimum atomic E-state index is -0.706. The zero-order valence-electron chi connectivity index (χ0n) is 10.7. The number of hydrogen-bond donors (Lipinski definition) is 3. The number of amides is 1. The summed E-state index contributed by atoms with van der Waals surface area (Å²) < 4.78 is 0. The molecule has 1 aromatic rings. The highest BCUT2D eigenvalue weighted by Crippen LogP contribution is 2.08. The van der Waals surface area contributed by atoms with Gasteiger partial charge in [0.25, 0.3) is 0 Å². The lowest BCUT2D eigenvalue weighted by molar-refractivity contribution is -0.121. The molecule has 0 radical (unpaired) electrons. The Hall–Kier alpha value is -1.39. The summed E-state index contributed by atoms with van der Waals surface area (Å²) in [6.07, 6.45) is 1.56. The predicted octanol–water partition coefficient (Wildman–Crippen LogP) is 0.867. The van der Waals surface area contributed by atoms with E-state index in [0.29, 0.717) is 6.42 Å². The molecular formula is C14H21NO3. The van der Waals surface area contributed by atoms with Gasteiger partial charge in [-0.25, -0.2) is 0 Å². The number of aliphatic hydroxyl groups is 2. The molecule has 18 heavy (non-hydrogen) atoms. The molecule has 0 aliphatic heterocycles. The van der Waals surface area contributed by atoms with E-state index < -0.39 is 12.1 Å². The van der Waals surface area contributed by atoms with Crippen molar-refractivity contribution in [2.45, 2.75) is 38.3 Å². The largest absolute Gasteiger partial charge is 0.394 e. The molecule has 0 aromatic heterocycles. The fourth-order valence-electron chi connectivity index (χ4n) is 1.89. The summed E-state index contributed by atoms with van der Waals surface area (Å²) in [4.78, 5) is 10.9. The molecule has 1 amide bonds. The second kappa shape index (κ2) is 7.84. The van der Waals surface area contributed by atoms with Crippen molar-refractivity contribution in [3.8, 4) is 0 Å². The Balaban J connectivity index is 2.31. The first-order valence-corrected chi connectivity index (χ1v) is 6.23. The summed E-state index contributed by atoms with van der Waals surface area (Å²) in [5.41, 5.74) is 1.23. The van der Waals surface area contributed by atoms with Gasteiger partial charge in [0.1, 0.15) is 0 Å². The lowest BCUT2D eigenvalue weighted by Gasteiger charge is -2.21. The monoisotopic (exact) mass is 251 g/mol. The molecule has 2 unspecified atom stereocenters. The molecular weight excluding hydrogens is 230 g/mol. The first kappa shape index (κ1) is 14.7. The quantitative estimate of drug-likeness (QED) is 0.673. The van der Waals surface area contributed by atoms with E-state index in [0.717, 1.165) is 12.8 Å². The third kappa shape index (κ3) is 5.29. The topological polar surface area (TPSA) is 69.6 Å². The van der Waals surface area contributed by atoms with Gasteiger partial charge < -0.3 is 15.5 Å². The fraction of sp³-hybridized carbons (Fsp3) is 0.500. The second-order valence-electron chi connectivity index (χ2n) is 4.43. The summed E-state index contributed by atoms with van der Waals surface area (Å²) in [5, 5.41) is 21.5. The number of rotatable bonds is 7. The number of aliphatic hydroxyl groups excluding tert-OH is 2. The van der Waals surface area contributed by atoms with Crippen LogP contribution in [0.1, 0.15) is 25.3 Å². The van der Waals surface area contributed by atoms with Crippen LogP contribution < -0.4 is 5.32 Å². The van der Waals surface area contributed by atoms with Crippen molar-refractivity contribution in [1.29, 1.82) is 0 Å². The first-order valence-electron chi connectivity index (χ1n) is 6.23. The summed E-state index contributed by atoms with van der Waals surface area (Å²) in [7, 11) is 0. The van der Waals surface area contributed by atoms with Crippen LogP contribution in [0, 0.1) is 0 Å². The summed E-state index contributed by atoms with van der Waals surface area (Å²) in [5.74, 6) is -0.240. The van der Waals surface area contributed by atoms with Gasteiger partial charge in [-0.15, -0.1) is 0 Å². The van der Waals surface area contributed by atoms with Crippen molar-refractivity contribution in [2.75, 3.05) is 6.61 Å². The molecule has 0 fully saturated rings. The molecule has 0 heterocycles. The van der Waals surface area contributed by atoms with Crippen LogP contribution in [0.2, 0.25) is 0 Å². The lowest BCUT2D eigenvalue weighted by atomic mass is 10.0. The van der Waals surface area contributed by atoms with Crippen LogP contribution in [0.3, 0.4) is 0 Å². The van der Waals surface area contributed by atoms with Crippen molar-refractivity contribution in [3.05, 3.63) is 35.9 Å². The third-order valence-electron chi connectivity index (χ3n) is 2.86. The van der Waals surface area contributed by atoms with Crippen molar-refractivity contribution < 1.29 is 15.0 Å². The lowest BCUT2D eigenvalue weighted by Crippen LogP contribution is -2.45. The SMILES string of the molecule is CC(=O)NC(CO)C(O)CCCc1ccccc1. The van der Waals surface area contributed by atoms with Crippen LogP contribution in [0.4, 0.5) is 0 Å². The van der Waals surface area contributed by atoms with Gasteiger partial charge >= 0.3 is 0 Å². The highest BCUT2D eigenvalue weighted by molar-refractivity contribution is 5.73. The summed E-state index contributed by atoms with van der Waals surface area (Å²) >= 11 is 0. The van der Waals surface area contributed by atoms with Crippen molar-refractivity contribution >= 4 is 5.91 Å². The van der Waals surface area contributed by atoms with Crippen LogP contribution in [0.25, 0.3) is 0 Å². The molecule has 1 rings (SSSR count). The molecule has 2 atom stereocenters. The van der Waals surface area contributed by atoms with E-state index in [2.05, 4.69) is 5.32 Å². The average Bonchev–Trinajstić information content (AvgIpc) is 2.36. The maximum atomic E-state index is 10.9. The van der Waals surface area contributed by atoms with E-state index in [1.165, 1.54) is 12.5 Å². The molecule has 0 bridgehead atoms. The van der Waals surface area contributed by atoms with Gasteiger partial charge in [-0.3, -0.25) is 4.79 Å². The third-order valence-corrected chi connectivity index (χ3v) is 2.86. The van der Waals surface area contributed by atoms with E-state index in [1.807, 2.05) is 30.3 Å². The van der Waals surface area contributed by atoms with Crippen molar-refractivity contribution in [2.24, 2.45) is 0 Å². The van der Waals surface area contributed by atoms with Gasteiger partial charge in [-0.05, 0) is 24.8 Å². The molecule has 3 N–H and O–H groups in total. The van der Waals surface area contributed by atoms with Gasteiger partial charge in [0, 0.05) is 6.92 Å². The molecule has 0 spiro atoms.